The topological polar surface area (TPSA) is 102 Å². The number of amides is 2. The zero-order valence-corrected chi connectivity index (χ0v) is 12.4. The number of carbonyl (C=O) groups excluding carboxylic acids is 2. The fraction of sp³-hybridized carbons (Fsp3) is 0.429. The number of fused-ring (bicyclic) bond motifs is 1. The van der Waals surface area contributed by atoms with E-state index < -0.39 is 11.7 Å². The number of rotatable bonds is 1. The summed E-state index contributed by atoms with van der Waals surface area (Å²) < 4.78 is 5.18. The Hall–Kier alpha value is -2.28. The summed E-state index contributed by atoms with van der Waals surface area (Å²) >= 11 is 0. The van der Waals surface area contributed by atoms with E-state index in [1.165, 1.54) is 0 Å². The number of nitrogens with zero attached hydrogens (tertiary/aromatic N) is 2. The summed E-state index contributed by atoms with van der Waals surface area (Å²) in [6.45, 7) is 5.16. The predicted molar refractivity (Wildman–Crippen MR) is 78.9 cm³/mol. The second-order valence-corrected chi connectivity index (χ2v) is 5.89. The van der Waals surface area contributed by atoms with Crippen LogP contribution in [0.15, 0.2) is 18.2 Å². The number of ether oxygens (including phenoxy) is 1. The van der Waals surface area contributed by atoms with Gasteiger partial charge < -0.3 is 10.5 Å². The summed E-state index contributed by atoms with van der Waals surface area (Å²) in [6, 6.07) is 5.32. The van der Waals surface area contributed by atoms with Gasteiger partial charge in [-0.15, -0.1) is 5.12 Å². The molecule has 21 heavy (non-hydrogen) atoms. The minimum atomic E-state index is -0.813. The number of benzene rings is 1. The first-order chi connectivity index (χ1) is 9.70. The van der Waals surface area contributed by atoms with Gasteiger partial charge >= 0.3 is 6.09 Å². The third-order valence-electron chi connectivity index (χ3n) is 3.00. The molecule has 1 aromatic carbocycles. The number of nitrogens with two attached hydrogens (primary N) is 2. The van der Waals surface area contributed by atoms with Crippen molar-refractivity contribution in [3.63, 3.8) is 0 Å². The highest BCUT2D eigenvalue weighted by Crippen LogP contribution is 2.33. The van der Waals surface area contributed by atoms with Crippen molar-refractivity contribution in [3.8, 4) is 0 Å². The Morgan fingerprint density at radius 2 is 2.00 bits per heavy atom. The van der Waals surface area contributed by atoms with Gasteiger partial charge in [-0.1, -0.05) is 12.1 Å². The molecule has 2 amide bonds. The third-order valence-corrected chi connectivity index (χ3v) is 3.00. The molecule has 1 heterocycles. The summed E-state index contributed by atoms with van der Waals surface area (Å²) in [5.41, 5.74) is 6.93. The van der Waals surface area contributed by atoms with E-state index in [4.69, 9.17) is 16.3 Å². The van der Waals surface area contributed by atoms with Crippen molar-refractivity contribution in [2.75, 3.05) is 10.7 Å². The minimum Gasteiger partial charge on any atom is -0.441 e. The van der Waals surface area contributed by atoms with Crippen molar-refractivity contribution in [2.45, 2.75) is 39.2 Å². The van der Waals surface area contributed by atoms with Gasteiger partial charge in [-0.2, -0.15) is 5.01 Å². The Morgan fingerprint density at radius 1 is 1.33 bits per heavy atom. The van der Waals surface area contributed by atoms with Crippen LogP contribution in [0.5, 0.6) is 0 Å². The van der Waals surface area contributed by atoms with Crippen LogP contribution >= 0.6 is 0 Å². The molecule has 0 aliphatic carbocycles. The molecule has 0 aromatic heterocycles. The quantitative estimate of drug-likeness (QED) is 0.354. The maximum Gasteiger partial charge on any atom is 0.444 e. The Balaban J connectivity index is 2.35. The molecule has 0 unspecified atom stereocenters. The van der Waals surface area contributed by atoms with Crippen molar-refractivity contribution >= 4 is 23.4 Å². The molecule has 4 N–H and O–H groups in total. The number of hydrogen-bond acceptors (Lipinski definition) is 5. The number of aryl methyl sites for hydroxylation is 1. The Morgan fingerprint density at radius 3 is 2.62 bits per heavy atom. The lowest BCUT2D eigenvalue weighted by Crippen LogP contribution is -2.57. The van der Waals surface area contributed by atoms with Gasteiger partial charge in [-0.25, -0.2) is 10.6 Å². The van der Waals surface area contributed by atoms with Gasteiger partial charge in [0.1, 0.15) is 5.60 Å². The Bertz CT molecular complexity index is 580. The maximum atomic E-state index is 12.2. The lowest BCUT2D eigenvalue weighted by Gasteiger charge is -2.36. The highest BCUT2D eigenvalue weighted by atomic mass is 16.6. The highest BCUT2D eigenvalue weighted by Gasteiger charge is 2.34. The summed E-state index contributed by atoms with van der Waals surface area (Å²) in [5, 5.41) is 1.77. The van der Waals surface area contributed by atoms with Crippen molar-refractivity contribution in [3.05, 3.63) is 23.8 Å². The normalized spacial score (nSPS) is 14.7. The van der Waals surface area contributed by atoms with Crippen molar-refractivity contribution in [1.82, 2.24) is 5.12 Å². The standard InChI is InChI=1S/C14H20N4O3/c1-14(2,3)21-13(20)18(16)17-11(19)8-7-9-5-4-6-10(15)12(9)17/h4-6H,7-8,15-16H2,1-3H3. The molecule has 0 bridgehead atoms. The maximum absolute atomic E-state index is 12.2. The SMILES string of the molecule is CC(C)(C)OC(=O)N(N)N1C(=O)CCc2cccc(N)c21. The average Bonchev–Trinajstić information content (AvgIpc) is 2.37. The summed E-state index contributed by atoms with van der Waals surface area (Å²) in [4.78, 5) is 24.2. The van der Waals surface area contributed by atoms with Crippen molar-refractivity contribution < 1.29 is 14.3 Å². The molecule has 114 valence electrons. The van der Waals surface area contributed by atoms with Gasteiger partial charge in [0.2, 0.25) is 5.91 Å². The van der Waals surface area contributed by atoms with Gasteiger partial charge in [0.05, 0.1) is 11.4 Å². The van der Waals surface area contributed by atoms with Crippen LogP contribution in [0, 0.1) is 0 Å². The molecule has 0 spiro atoms. The molecule has 7 nitrogen and oxygen atoms in total. The van der Waals surface area contributed by atoms with E-state index >= 15 is 0 Å². The number of carbonyl (C=O) groups is 2. The van der Waals surface area contributed by atoms with Crippen LogP contribution < -0.4 is 16.6 Å². The van der Waals surface area contributed by atoms with E-state index in [-0.39, 0.29) is 12.3 Å². The Kier molecular flexibility index (Phi) is 3.78. The molecule has 2 rings (SSSR count). The first-order valence-corrected chi connectivity index (χ1v) is 6.69. The molecule has 1 aliphatic rings. The number of nitrogen functional groups attached to an aromatic ring is 1. The van der Waals surface area contributed by atoms with Crippen molar-refractivity contribution in [2.24, 2.45) is 5.84 Å². The van der Waals surface area contributed by atoms with Crippen LogP contribution in [0.4, 0.5) is 16.2 Å². The lowest BCUT2D eigenvalue weighted by molar-refractivity contribution is -0.122. The molecule has 0 fully saturated rings. The molecular weight excluding hydrogens is 272 g/mol. The van der Waals surface area contributed by atoms with Crippen molar-refractivity contribution in [1.29, 1.82) is 0 Å². The van der Waals surface area contributed by atoms with Gasteiger partial charge in [0, 0.05) is 6.42 Å². The third kappa shape index (κ3) is 3.08. The fourth-order valence-corrected chi connectivity index (χ4v) is 2.16. The molecule has 0 saturated carbocycles. The molecule has 1 aromatic rings. The second kappa shape index (κ2) is 5.25. The molecule has 0 radical (unpaired) electrons. The second-order valence-electron chi connectivity index (χ2n) is 5.89. The van der Waals surface area contributed by atoms with Gasteiger partial charge in [0.25, 0.3) is 0 Å². The molecule has 1 aliphatic heterocycles. The van der Waals surface area contributed by atoms with Gasteiger partial charge in [-0.3, -0.25) is 4.79 Å². The lowest BCUT2D eigenvalue weighted by atomic mass is 10.0. The minimum absolute atomic E-state index is 0.257. The number of para-hydroxylation sites is 1. The Labute approximate surface area is 123 Å². The van der Waals surface area contributed by atoms with E-state index in [9.17, 15) is 9.59 Å². The van der Waals surface area contributed by atoms with Crippen LogP contribution in [0.25, 0.3) is 0 Å². The van der Waals surface area contributed by atoms with Gasteiger partial charge in [0.15, 0.2) is 0 Å². The highest BCUT2D eigenvalue weighted by molar-refractivity contribution is 6.00. The summed E-state index contributed by atoms with van der Waals surface area (Å²) in [6.07, 6.45) is 0.0112. The molecule has 0 saturated heterocycles. The zero-order chi connectivity index (χ0) is 15.8. The number of hydrazine groups is 2. The molecule has 7 heteroatoms. The first kappa shape index (κ1) is 15.1. The fourth-order valence-electron chi connectivity index (χ4n) is 2.16. The molecular formula is C14H20N4O3. The van der Waals surface area contributed by atoms with E-state index in [1.807, 2.05) is 6.07 Å². The van der Waals surface area contributed by atoms with Crippen LogP contribution in [0.1, 0.15) is 32.8 Å². The molecule has 0 atom stereocenters. The largest absolute Gasteiger partial charge is 0.444 e. The van der Waals surface area contributed by atoms with Crippen LogP contribution in [0.2, 0.25) is 0 Å². The average molecular weight is 292 g/mol. The van der Waals surface area contributed by atoms with Crippen LogP contribution in [0.3, 0.4) is 0 Å². The summed E-state index contributed by atoms with van der Waals surface area (Å²) in [5.74, 6) is 5.48. The van der Waals surface area contributed by atoms with Crippen LogP contribution in [-0.2, 0) is 16.0 Å². The van der Waals surface area contributed by atoms with E-state index in [1.54, 1.807) is 32.9 Å². The predicted octanol–water partition coefficient (Wildman–Crippen LogP) is 1.57. The van der Waals surface area contributed by atoms with E-state index in [0.717, 1.165) is 10.6 Å². The smallest absolute Gasteiger partial charge is 0.441 e. The number of hydrogen-bond donors (Lipinski definition) is 2. The van der Waals surface area contributed by atoms with Gasteiger partial charge in [-0.05, 0) is 38.8 Å². The van der Waals surface area contributed by atoms with E-state index in [2.05, 4.69) is 0 Å². The number of anilines is 2. The van der Waals surface area contributed by atoms with Crippen LogP contribution in [-0.4, -0.2) is 22.7 Å². The van der Waals surface area contributed by atoms with E-state index in [0.29, 0.717) is 22.9 Å². The summed E-state index contributed by atoms with van der Waals surface area (Å²) in [7, 11) is 0. The first-order valence-electron chi connectivity index (χ1n) is 6.69. The zero-order valence-electron chi connectivity index (χ0n) is 12.4. The monoisotopic (exact) mass is 292 g/mol.